The van der Waals surface area contributed by atoms with Gasteiger partial charge in [0.05, 0.1) is 0 Å². The van der Waals surface area contributed by atoms with E-state index in [2.05, 4.69) is 10.4 Å². The Morgan fingerprint density at radius 3 is 2.16 bits per heavy atom. The maximum absolute atomic E-state index is 13.8. The number of aryl methyl sites for hydroxylation is 1. The SMILES string of the molecule is CC(=O)NCc1cc(NC(=O)c2c(C(F)(F)F)c(C(F)(F)C(F)(F)F)nn2C)ccc1F. The molecule has 1 aromatic carbocycles. The lowest BCUT2D eigenvalue weighted by Gasteiger charge is -2.19. The average Bonchev–Trinajstić information content (AvgIpc) is 2.99. The summed E-state index contributed by atoms with van der Waals surface area (Å²) in [4.78, 5) is 23.3. The van der Waals surface area contributed by atoms with Gasteiger partial charge in [-0.05, 0) is 18.2 Å². The van der Waals surface area contributed by atoms with Gasteiger partial charge in [0.2, 0.25) is 5.91 Å². The number of rotatable bonds is 5. The molecule has 0 aliphatic heterocycles. The highest BCUT2D eigenvalue weighted by molar-refractivity contribution is 6.04. The number of carbonyl (C=O) groups is 2. The predicted molar refractivity (Wildman–Crippen MR) is 90.0 cm³/mol. The third-order valence-electron chi connectivity index (χ3n) is 4.03. The van der Waals surface area contributed by atoms with Gasteiger partial charge < -0.3 is 10.6 Å². The lowest BCUT2D eigenvalue weighted by atomic mass is 10.1. The molecule has 2 aromatic rings. The maximum Gasteiger partial charge on any atom is 0.459 e. The van der Waals surface area contributed by atoms with Crippen molar-refractivity contribution in [3.63, 3.8) is 0 Å². The Morgan fingerprint density at radius 2 is 1.66 bits per heavy atom. The van der Waals surface area contributed by atoms with Crippen molar-refractivity contribution in [2.24, 2.45) is 7.05 Å². The van der Waals surface area contributed by atoms with Crippen molar-refractivity contribution in [1.29, 1.82) is 0 Å². The minimum absolute atomic E-state index is 0.0606. The third-order valence-corrected chi connectivity index (χ3v) is 4.03. The number of hydrogen-bond donors (Lipinski definition) is 2. The Labute approximate surface area is 173 Å². The van der Waals surface area contributed by atoms with Gasteiger partial charge in [0.1, 0.15) is 17.1 Å². The number of nitrogens with one attached hydrogen (secondary N) is 2. The van der Waals surface area contributed by atoms with E-state index < -0.39 is 52.9 Å². The molecule has 1 aromatic heterocycles. The van der Waals surface area contributed by atoms with Crippen LogP contribution in [0, 0.1) is 5.82 Å². The van der Waals surface area contributed by atoms with Crippen LogP contribution < -0.4 is 10.6 Å². The van der Waals surface area contributed by atoms with Crippen molar-refractivity contribution in [2.75, 3.05) is 5.32 Å². The number of aromatic nitrogens is 2. The highest BCUT2D eigenvalue weighted by Gasteiger charge is 2.64. The molecular formula is C17H13F9N4O2. The van der Waals surface area contributed by atoms with E-state index in [0.717, 1.165) is 25.1 Å². The van der Waals surface area contributed by atoms with Gasteiger partial charge in [0.25, 0.3) is 5.91 Å². The summed E-state index contributed by atoms with van der Waals surface area (Å²) in [6.45, 7) is 0.769. The van der Waals surface area contributed by atoms with E-state index in [1.165, 1.54) is 0 Å². The molecule has 32 heavy (non-hydrogen) atoms. The molecule has 176 valence electrons. The Kier molecular flexibility index (Phi) is 6.52. The van der Waals surface area contributed by atoms with Crippen LogP contribution in [-0.2, 0) is 30.5 Å². The minimum Gasteiger partial charge on any atom is -0.352 e. The van der Waals surface area contributed by atoms with Crippen LogP contribution in [0.4, 0.5) is 45.2 Å². The van der Waals surface area contributed by atoms with Crippen LogP contribution in [0.2, 0.25) is 0 Å². The van der Waals surface area contributed by atoms with Crippen LogP contribution in [-0.4, -0.2) is 27.8 Å². The lowest BCUT2D eigenvalue weighted by molar-refractivity contribution is -0.292. The summed E-state index contributed by atoms with van der Waals surface area (Å²) in [6, 6.07) is 2.63. The first-order chi connectivity index (χ1) is 14.5. The first-order valence-corrected chi connectivity index (χ1v) is 8.40. The third kappa shape index (κ3) is 4.96. The first-order valence-electron chi connectivity index (χ1n) is 8.40. The van der Waals surface area contributed by atoms with Gasteiger partial charge in [-0.25, -0.2) is 4.39 Å². The van der Waals surface area contributed by atoms with Crippen molar-refractivity contribution >= 4 is 17.5 Å². The van der Waals surface area contributed by atoms with Gasteiger partial charge in [-0.15, -0.1) is 0 Å². The van der Waals surface area contributed by atoms with Crippen LogP contribution >= 0.6 is 0 Å². The van der Waals surface area contributed by atoms with Crippen molar-refractivity contribution in [3.8, 4) is 0 Å². The zero-order valence-corrected chi connectivity index (χ0v) is 16.1. The topological polar surface area (TPSA) is 76.0 Å². The van der Waals surface area contributed by atoms with Crippen molar-refractivity contribution < 1.29 is 49.1 Å². The molecule has 6 nitrogen and oxygen atoms in total. The number of hydrogen-bond acceptors (Lipinski definition) is 3. The molecule has 2 amide bonds. The number of anilines is 1. The summed E-state index contributed by atoms with van der Waals surface area (Å²) in [5, 5.41) is 6.72. The molecule has 0 fully saturated rings. The van der Waals surface area contributed by atoms with Crippen molar-refractivity contribution in [2.45, 2.75) is 31.7 Å². The summed E-state index contributed by atoms with van der Waals surface area (Å²) in [5.74, 6) is -9.12. The summed E-state index contributed by atoms with van der Waals surface area (Å²) in [6.07, 6.45) is -12.2. The monoisotopic (exact) mass is 476 g/mol. The molecule has 0 unspecified atom stereocenters. The lowest BCUT2D eigenvalue weighted by Crippen LogP contribution is -2.36. The molecule has 0 spiro atoms. The molecule has 0 radical (unpaired) electrons. The van der Waals surface area contributed by atoms with Crippen LogP contribution in [0.5, 0.6) is 0 Å². The first kappa shape index (κ1) is 25.0. The molecule has 2 rings (SSSR count). The van der Waals surface area contributed by atoms with Gasteiger partial charge in [-0.1, -0.05) is 0 Å². The van der Waals surface area contributed by atoms with E-state index in [1.807, 2.05) is 5.32 Å². The van der Waals surface area contributed by atoms with Crippen LogP contribution in [0.3, 0.4) is 0 Å². The predicted octanol–water partition coefficient (Wildman–Crippen LogP) is 4.12. The maximum atomic E-state index is 13.8. The Hall–Kier alpha value is -3.26. The number of nitrogens with zero attached hydrogens (tertiary/aromatic N) is 2. The molecule has 0 saturated carbocycles. The Balaban J connectivity index is 2.52. The molecule has 2 N–H and O–H groups in total. The molecule has 0 saturated heterocycles. The van der Waals surface area contributed by atoms with E-state index in [9.17, 15) is 49.1 Å². The summed E-state index contributed by atoms with van der Waals surface area (Å²) >= 11 is 0. The average molecular weight is 476 g/mol. The van der Waals surface area contributed by atoms with Crippen LogP contribution in [0.1, 0.15) is 34.2 Å². The van der Waals surface area contributed by atoms with Gasteiger partial charge in [-0.3, -0.25) is 14.3 Å². The van der Waals surface area contributed by atoms with Gasteiger partial charge in [0.15, 0.2) is 5.69 Å². The fourth-order valence-corrected chi connectivity index (χ4v) is 2.60. The smallest absolute Gasteiger partial charge is 0.352 e. The van der Waals surface area contributed by atoms with Gasteiger partial charge >= 0.3 is 18.3 Å². The van der Waals surface area contributed by atoms with E-state index >= 15 is 0 Å². The van der Waals surface area contributed by atoms with Gasteiger partial charge in [0, 0.05) is 31.8 Å². The fraction of sp³-hybridized carbons (Fsp3) is 0.353. The van der Waals surface area contributed by atoms with Gasteiger partial charge in [-0.2, -0.15) is 40.2 Å². The minimum atomic E-state index is -6.41. The van der Waals surface area contributed by atoms with E-state index in [-0.39, 0.29) is 22.5 Å². The van der Waals surface area contributed by atoms with Crippen LogP contribution in [0.25, 0.3) is 0 Å². The molecule has 1 heterocycles. The standard InChI is InChI=1S/C17H13F9N4O2/c1-7(31)27-6-8-5-9(3-4-10(8)18)28-14(32)12-11(16(21,22)23)13(29-30(12)2)15(19,20)17(24,25)26/h3-5H,6H2,1-2H3,(H,27,31)(H,28,32). The quantitative estimate of drug-likeness (QED) is 0.638. The number of benzene rings is 1. The number of amides is 2. The molecule has 0 atom stereocenters. The van der Waals surface area contributed by atoms with Crippen LogP contribution in [0.15, 0.2) is 18.2 Å². The summed E-state index contributed by atoms with van der Waals surface area (Å²) < 4.78 is 119. The Morgan fingerprint density at radius 1 is 1.06 bits per heavy atom. The van der Waals surface area contributed by atoms with Crippen molar-refractivity contribution in [3.05, 3.63) is 46.5 Å². The number of alkyl halides is 8. The van der Waals surface area contributed by atoms with E-state index in [0.29, 0.717) is 7.05 Å². The van der Waals surface area contributed by atoms with E-state index in [1.54, 1.807) is 0 Å². The highest BCUT2D eigenvalue weighted by atomic mass is 19.4. The second-order valence-corrected chi connectivity index (χ2v) is 6.44. The molecule has 0 aliphatic carbocycles. The zero-order chi connectivity index (χ0) is 24.6. The molecule has 15 heteroatoms. The summed E-state index contributed by atoms with van der Waals surface area (Å²) in [7, 11) is 0.576. The second kappa shape index (κ2) is 8.35. The molecule has 0 bridgehead atoms. The molecular weight excluding hydrogens is 463 g/mol. The fourth-order valence-electron chi connectivity index (χ4n) is 2.60. The zero-order valence-electron chi connectivity index (χ0n) is 16.1. The highest BCUT2D eigenvalue weighted by Crippen LogP contribution is 2.48. The molecule has 0 aliphatic rings. The Bertz CT molecular complexity index is 1040. The largest absolute Gasteiger partial charge is 0.459 e. The number of carbonyl (C=O) groups excluding carboxylic acids is 2. The van der Waals surface area contributed by atoms with E-state index in [4.69, 9.17) is 0 Å². The van der Waals surface area contributed by atoms with Crippen molar-refractivity contribution in [1.82, 2.24) is 15.1 Å². The summed E-state index contributed by atoms with van der Waals surface area (Å²) in [5.41, 5.74) is -7.39. The normalized spacial score (nSPS) is 12.6. The second-order valence-electron chi connectivity index (χ2n) is 6.44. The number of halogens is 9.